The van der Waals surface area contributed by atoms with Gasteiger partial charge in [-0.05, 0) is 37.3 Å². The molecule has 1 aliphatic rings. The minimum atomic E-state index is -3.36. The molecule has 1 saturated heterocycles. The third kappa shape index (κ3) is 7.16. The van der Waals surface area contributed by atoms with Crippen LogP contribution in [0.5, 0.6) is 0 Å². The first kappa shape index (κ1) is 23.4. The van der Waals surface area contributed by atoms with Gasteiger partial charge in [0.1, 0.15) is 0 Å². The van der Waals surface area contributed by atoms with Gasteiger partial charge in [-0.25, -0.2) is 12.7 Å². The van der Waals surface area contributed by atoms with Gasteiger partial charge < -0.3 is 10.1 Å². The monoisotopic (exact) mass is 444 g/mol. The van der Waals surface area contributed by atoms with Crippen molar-refractivity contribution in [3.05, 3.63) is 71.8 Å². The molecule has 6 nitrogen and oxygen atoms in total. The molecule has 1 atom stereocenters. The molecule has 3 rings (SSSR count). The summed E-state index contributed by atoms with van der Waals surface area (Å²) in [4.78, 5) is 12.4. The highest BCUT2D eigenvalue weighted by Gasteiger charge is 2.31. The normalized spacial score (nSPS) is 16.7. The SMILES string of the molecule is CC(OCCCNC(=O)C1CCN(S(=O)(=O)Cc2ccccc2)CC1)c1ccccc1. The Morgan fingerprint density at radius 2 is 1.68 bits per heavy atom. The lowest BCUT2D eigenvalue weighted by molar-refractivity contribution is -0.126. The van der Waals surface area contributed by atoms with Crippen molar-refractivity contribution in [3.63, 3.8) is 0 Å². The van der Waals surface area contributed by atoms with E-state index in [2.05, 4.69) is 5.32 Å². The van der Waals surface area contributed by atoms with Crippen LogP contribution in [0, 0.1) is 5.92 Å². The molecule has 0 bridgehead atoms. The number of nitrogens with one attached hydrogen (secondary N) is 1. The summed E-state index contributed by atoms with van der Waals surface area (Å²) in [6, 6.07) is 19.2. The number of benzene rings is 2. The molecule has 0 saturated carbocycles. The number of sulfonamides is 1. The minimum absolute atomic E-state index is 0.00606. The Morgan fingerprint density at radius 1 is 1.06 bits per heavy atom. The van der Waals surface area contributed by atoms with Crippen LogP contribution in [0.25, 0.3) is 0 Å². The van der Waals surface area contributed by atoms with E-state index in [1.165, 1.54) is 4.31 Å². The highest BCUT2D eigenvalue weighted by molar-refractivity contribution is 7.88. The van der Waals surface area contributed by atoms with E-state index >= 15 is 0 Å². The van der Waals surface area contributed by atoms with Gasteiger partial charge in [-0.3, -0.25) is 4.79 Å². The first-order chi connectivity index (χ1) is 15.0. The topological polar surface area (TPSA) is 75.7 Å². The zero-order valence-electron chi connectivity index (χ0n) is 18.1. The number of hydrogen-bond donors (Lipinski definition) is 1. The fourth-order valence-corrected chi connectivity index (χ4v) is 5.34. The van der Waals surface area contributed by atoms with Crippen molar-refractivity contribution in [3.8, 4) is 0 Å². The molecule has 31 heavy (non-hydrogen) atoms. The third-order valence-corrected chi connectivity index (χ3v) is 7.52. The lowest BCUT2D eigenvalue weighted by Gasteiger charge is -2.30. The first-order valence-electron chi connectivity index (χ1n) is 10.9. The fourth-order valence-electron chi connectivity index (χ4n) is 3.78. The Labute approximate surface area is 185 Å². The van der Waals surface area contributed by atoms with E-state index in [1.807, 2.05) is 67.6 Å². The molecule has 1 unspecified atom stereocenters. The summed E-state index contributed by atoms with van der Waals surface area (Å²) in [7, 11) is -3.36. The average Bonchev–Trinajstić information content (AvgIpc) is 2.79. The summed E-state index contributed by atoms with van der Waals surface area (Å²) in [5.74, 6) is -0.116. The summed E-state index contributed by atoms with van der Waals surface area (Å²) in [6.45, 7) is 3.95. The van der Waals surface area contributed by atoms with Gasteiger partial charge in [0, 0.05) is 32.2 Å². The molecule has 2 aromatic rings. The van der Waals surface area contributed by atoms with Crippen LogP contribution in [0.4, 0.5) is 0 Å². The highest BCUT2D eigenvalue weighted by atomic mass is 32.2. The lowest BCUT2D eigenvalue weighted by Crippen LogP contribution is -2.43. The largest absolute Gasteiger partial charge is 0.374 e. The van der Waals surface area contributed by atoms with Crippen molar-refractivity contribution in [1.29, 1.82) is 0 Å². The summed E-state index contributed by atoms with van der Waals surface area (Å²) in [5.41, 5.74) is 1.92. The van der Waals surface area contributed by atoms with Crippen molar-refractivity contribution in [1.82, 2.24) is 9.62 Å². The number of ether oxygens (including phenoxy) is 1. The smallest absolute Gasteiger partial charge is 0.223 e. The van der Waals surface area contributed by atoms with Crippen LogP contribution < -0.4 is 5.32 Å². The number of nitrogens with zero attached hydrogens (tertiary/aromatic N) is 1. The first-order valence-corrected chi connectivity index (χ1v) is 12.5. The summed E-state index contributed by atoms with van der Waals surface area (Å²) in [5, 5.41) is 2.97. The zero-order valence-corrected chi connectivity index (χ0v) is 18.9. The van der Waals surface area contributed by atoms with Gasteiger partial charge in [-0.1, -0.05) is 60.7 Å². The quantitative estimate of drug-likeness (QED) is 0.569. The molecule has 168 valence electrons. The van der Waals surface area contributed by atoms with E-state index in [9.17, 15) is 13.2 Å². The molecule has 1 heterocycles. The van der Waals surface area contributed by atoms with Crippen molar-refractivity contribution in [2.45, 2.75) is 38.0 Å². The Balaban J connectivity index is 1.33. The van der Waals surface area contributed by atoms with Crippen LogP contribution in [0.3, 0.4) is 0 Å². The number of rotatable bonds is 10. The van der Waals surface area contributed by atoms with Gasteiger partial charge in [-0.15, -0.1) is 0 Å². The van der Waals surface area contributed by atoms with Crippen LogP contribution in [0.1, 0.15) is 43.4 Å². The Morgan fingerprint density at radius 3 is 2.32 bits per heavy atom. The molecule has 1 aliphatic heterocycles. The predicted octanol–water partition coefficient (Wildman–Crippen LogP) is 3.51. The number of carbonyl (C=O) groups is 1. The Hall–Kier alpha value is -2.22. The third-order valence-electron chi connectivity index (χ3n) is 5.67. The maximum Gasteiger partial charge on any atom is 0.223 e. The second kappa shape index (κ2) is 11.4. The Bertz CT molecular complexity index is 911. The molecule has 0 spiro atoms. The molecular formula is C24H32N2O4S. The molecule has 1 amide bonds. The van der Waals surface area contributed by atoms with Crippen LogP contribution in [0.15, 0.2) is 60.7 Å². The van der Waals surface area contributed by atoms with Gasteiger partial charge in [0.15, 0.2) is 0 Å². The van der Waals surface area contributed by atoms with E-state index in [1.54, 1.807) is 0 Å². The van der Waals surface area contributed by atoms with Gasteiger partial charge in [0.25, 0.3) is 0 Å². The van der Waals surface area contributed by atoms with Gasteiger partial charge in [0.05, 0.1) is 11.9 Å². The molecule has 0 aliphatic carbocycles. The summed E-state index contributed by atoms with van der Waals surface area (Å²) >= 11 is 0. The van der Waals surface area contributed by atoms with Crippen molar-refractivity contribution in [2.24, 2.45) is 5.92 Å². The lowest BCUT2D eigenvalue weighted by atomic mass is 9.97. The van der Waals surface area contributed by atoms with Crippen molar-refractivity contribution < 1.29 is 17.9 Å². The van der Waals surface area contributed by atoms with E-state index in [-0.39, 0.29) is 23.7 Å². The predicted molar refractivity (Wildman–Crippen MR) is 122 cm³/mol. The molecule has 0 radical (unpaired) electrons. The summed E-state index contributed by atoms with van der Waals surface area (Å²) < 4.78 is 32.6. The standard InChI is InChI=1S/C24H32N2O4S/c1-20(22-11-6-3-7-12-22)30-18-8-15-25-24(27)23-13-16-26(17-14-23)31(28,29)19-21-9-4-2-5-10-21/h2-7,9-12,20,23H,8,13-19H2,1H3,(H,25,27). The molecule has 2 aromatic carbocycles. The van der Waals surface area contributed by atoms with Crippen molar-refractivity contribution >= 4 is 15.9 Å². The second-order valence-corrected chi connectivity index (χ2v) is 9.95. The minimum Gasteiger partial charge on any atom is -0.374 e. The van der Waals surface area contributed by atoms with E-state index in [4.69, 9.17) is 4.74 Å². The number of hydrogen-bond acceptors (Lipinski definition) is 4. The molecule has 1 fully saturated rings. The molecule has 7 heteroatoms. The fraction of sp³-hybridized carbons (Fsp3) is 0.458. The van der Waals surface area contributed by atoms with Crippen LogP contribution in [0.2, 0.25) is 0 Å². The van der Waals surface area contributed by atoms with Crippen molar-refractivity contribution in [2.75, 3.05) is 26.2 Å². The highest BCUT2D eigenvalue weighted by Crippen LogP contribution is 2.22. The summed E-state index contributed by atoms with van der Waals surface area (Å²) in [6.07, 6.45) is 1.88. The number of piperidine rings is 1. The van der Waals surface area contributed by atoms with Gasteiger partial charge in [-0.2, -0.15) is 0 Å². The maximum atomic E-state index is 12.6. The average molecular weight is 445 g/mol. The van der Waals surface area contributed by atoms with E-state index in [0.717, 1.165) is 17.5 Å². The van der Waals surface area contributed by atoms with Crippen LogP contribution in [-0.4, -0.2) is 44.9 Å². The van der Waals surface area contributed by atoms with Gasteiger partial charge >= 0.3 is 0 Å². The zero-order chi connectivity index (χ0) is 22.1. The van der Waals surface area contributed by atoms with Crippen LogP contribution in [-0.2, 0) is 25.3 Å². The van der Waals surface area contributed by atoms with E-state index < -0.39 is 10.0 Å². The van der Waals surface area contributed by atoms with Crippen LogP contribution >= 0.6 is 0 Å². The van der Waals surface area contributed by atoms with E-state index in [0.29, 0.717) is 39.1 Å². The second-order valence-electron chi connectivity index (χ2n) is 7.98. The number of carbonyl (C=O) groups excluding carboxylic acids is 1. The number of amides is 1. The Kier molecular flexibility index (Phi) is 8.63. The molecular weight excluding hydrogens is 412 g/mol. The molecule has 1 N–H and O–H groups in total. The molecule has 0 aromatic heterocycles. The van der Waals surface area contributed by atoms with Gasteiger partial charge in [0.2, 0.25) is 15.9 Å². The maximum absolute atomic E-state index is 12.6.